The van der Waals surface area contributed by atoms with E-state index in [1.807, 2.05) is 24.3 Å². The first-order chi connectivity index (χ1) is 10.2. The van der Waals surface area contributed by atoms with Crippen LogP contribution in [0, 0.1) is 5.82 Å². The maximum absolute atomic E-state index is 14.2. The summed E-state index contributed by atoms with van der Waals surface area (Å²) in [6, 6.07) is 7.40. The minimum absolute atomic E-state index is 0.0861. The van der Waals surface area contributed by atoms with E-state index in [4.69, 9.17) is 4.74 Å². The molecule has 21 heavy (non-hydrogen) atoms. The van der Waals surface area contributed by atoms with Gasteiger partial charge in [0.15, 0.2) is 0 Å². The molecular formula is C17H20FNOS. The number of aryl methyl sites for hydroxylation is 1. The van der Waals surface area contributed by atoms with E-state index in [9.17, 15) is 4.39 Å². The highest BCUT2D eigenvalue weighted by molar-refractivity contribution is 7.10. The molecule has 0 radical (unpaired) electrons. The molecule has 0 fully saturated rings. The summed E-state index contributed by atoms with van der Waals surface area (Å²) < 4.78 is 19.5. The Bertz CT molecular complexity index is 625. The molecule has 2 atom stereocenters. The Kier molecular flexibility index (Phi) is 4.27. The number of ether oxygens (including phenoxy) is 1. The van der Waals surface area contributed by atoms with Gasteiger partial charge < -0.3 is 10.1 Å². The molecule has 0 bridgehead atoms. The number of methoxy groups -OCH3 is 1. The average Bonchev–Trinajstić information content (AvgIpc) is 2.96. The average molecular weight is 305 g/mol. The number of benzene rings is 1. The summed E-state index contributed by atoms with van der Waals surface area (Å²) in [4.78, 5) is 1.46. The topological polar surface area (TPSA) is 21.3 Å². The number of rotatable bonds is 4. The van der Waals surface area contributed by atoms with Gasteiger partial charge in [0.05, 0.1) is 7.11 Å². The third-order valence-electron chi connectivity index (χ3n) is 4.17. The molecule has 1 aliphatic rings. The Morgan fingerprint density at radius 2 is 2.24 bits per heavy atom. The molecule has 2 unspecified atom stereocenters. The van der Waals surface area contributed by atoms with Gasteiger partial charge in [0, 0.05) is 22.5 Å². The third kappa shape index (κ3) is 2.83. The first kappa shape index (κ1) is 14.5. The highest BCUT2D eigenvalue weighted by Crippen LogP contribution is 2.36. The van der Waals surface area contributed by atoms with Crippen LogP contribution in [-0.2, 0) is 6.42 Å². The molecule has 112 valence electrons. The Morgan fingerprint density at radius 1 is 1.38 bits per heavy atom. The minimum Gasteiger partial charge on any atom is -0.496 e. The van der Waals surface area contributed by atoms with Gasteiger partial charge in [-0.1, -0.05) is 6.07 Å². The summed E-state index contributed by atoms with van der Waals surface area (Å²) in [6.07, 6.45) is 3.46. The van der Waals surface area contributed by atoms with Crippen molar-refractivity contribution in [3.8, 4) is 5.75 Å². The maximum Gasteiger partial charge on any atom is 0.131 e. The van der Waals surface area contributed by atoms with E-state index in [2.05, 4.69) is 16.8 Å². The molecule has 0 amide bonds. The molecule has 2 aromatic rings. The predicted molar refractivity (Wildman–Crippen MR) is 84.5 cm³/mol. The van der Waals surface area contributed by atoms with Crippen LogP contribution in [0.4, 0.5) is 4.39 Å². The molecule has 1 N–H and O–H groups in total. The molecule has 0 saturated heterocycles. The van der Waals surface area contributed by atoms with Crippen molar-refractivity contribution in [1.82, 2.24) is 5.32 Å². The third-order valence-corrected chi connectivity index (χ3v) is 5.17. The molecule has 2 nitrogen and oxygen atoms in total. The lowest BCUT2D eigenvalue weighted by molar-refractivity contribution is 0.373. The molecule has 0 spiro atoms. The normalized spacial score (nSPS) is 19.1. The van der Waals surface area contributed by atoms with Crippen LogP contribution in [0.1, 0.15) is 47.9 Å². The summed E-state index contributed by atoms with van der Waals surface area (Å²) in [5.74, 6) is 0.395. The summed E-state index contributed by atoms with van der Waals surface area (Å²) in [7, 11) is 1.59. The lowest BCUT2D eigenvalue weighted by Gasteiger charge is -2.28. The lowest BCUT2D eigenvalue weighted by Crippen LogP contribution is -2.27. The van der Waals surface area contributed by atoms with Gasteiger partial charge in [0.1, 0.15) is 11.6 Å². The second-order valence-electron chi connectivity index (χ2n) is 5.49. The zero-order valence-electron chi connectivity index (χ0n) is 12.4. The number of fused-ring (bicyclic) bond motifs is 1. The van der Waals surface area contributed by atoms with Gasteiger partial charge in [-0.3, -0.25) is 0 Å². The van der Waals surface area contributed by atoms with Crippen LogP contribution in [0.2, 0.25) is 0 Å². The Labute approximate surface area is 129 Å². The van der Waals surface area contributed by atoms with Crippen LogP contribution in [0.25, 0.3) is 0 Å². The van der Waals surface area contributed by atoms with Gasteiger partial charge in [-0.15, -0.1) is 11.3 Å². The van der Waals surface area contributed by atoms with Crippen molar-refractivity contribution < 1.29 is 9.13 Å². The summed E-state index contributed by atoms with van der Waals surface area (Å²) in [6.45, 7) is 2.00. The van der Waals surface area contributed by atoms with Crippen molar-refractivity contribution in [3.05, 3.63) is 51.5 Å². The fourth-order valence-electron chi connectivity index (χ4n) is 3.16. The molecule has 1 aromatic carbocycles. The van der Waals surface area contributed by atoms with Crippen molar-refractivity contribution in [2.24, 2.45) is 0 Å². The predicted octanol–water partition coefficient (Wildman–Crippen LogP) is 4.62. The smallest absolute Gasteiger partial charge is 0.131 e. The molecule has 0 saturated carbocycles. The highest BCUT2D eigenvalue weighted by Gasteiger charge is 2.25. The maximum atomic E-state index is 14.2. The van der Waals surface area contributed by atoms with E-state index in [-0.39, 0.29) is 11.9 Å². The molecular weight excluding hydrogens is 285 g/mol. The van der Waals surface area contributed by atoms with Crippen molar-refractivity contribution >= 4 is 11.3 Å². The standard InChI is InChI=1S/C17H20FNOS/c1-11(17-13(18)5-3-7-15(17)20-2)19-14-6-4-8-16-12(14)9-10-21-16/h3,5,7,9-11,14,19H,4,6,8H2,1-2H3. The first-order valence-corrected chi connectivity index (χ1v) is 8.23. The number of hydrogen-bond donors (Lipinski definition) is 1. The van der Waals surface area contributed by atoms with Crippen LogP contribution >= 0.6 is 11.3 Å². The van der Waals surface area contributed by atoms with E-state index in [0.29, 0.717) is 17.4 Å². The second kappa shape index (κ2) is 6.16. The first-order valence-electron chi connectivity index (χ1n) is 7.35. The van der Waals surface area contributed by atoms with E-state index >= 15 is 0 Å². The summed E-state index contributed by atoms with van der Waals surface area (Å²) >= 11 is 1.82. The van der Waals surface area contributed by atoms with Crippen LogP contribution in [0.15, 0.2) is 29.6 Å². The molecule has 1 heterocycles. The molecule has 1 aromatic heterocycles. The van der Waals surface area contributed by atoms with Crippen molar-refractivity contribution in [3.63, 3.8) is 0 Å². The Morgan fingerprint density at radius 3 is 3.05 bits per heavy atom. The largest absolute Gasteiger partial charge is 0.496 e. The Hall–Kier alpha value is -1.39. The highest BCUT2D eigenvalue weighted by atomic mass is 32.1. The van der Waals surface area contributed by atoms with E-state index in [1.54, 1.807) is 13.2 Å². The van der Waals surface area contributed by atoms with Crippen LogP contribution < -0.4 is 10.1 Å². The zero-order valence-corrected chi connectivity index (χ0v) is 13.2. The zero-order chi connectivity index (χ0) is 14.8. The summed E-state index contributed by atoms with van der Waals surface area (Å²) in [5.41, 5.74) is 2.00. The quantitative estimate of drug-likeness (QED) is 0.889. The van der Waals surface area contributed by atoms with Gasteiger partial charge in [-0.05, 0) is 55.3 Å². The molecule has 1 aliphatic carbocycles. The number of nitrogens with one attached hydrogen (secondary N) is 1. The van der Waals surface area contributed by atoms with E-state index in [1.165, 1.54) is 29.3 Å². The van der Waals surface area contributed by atoms with E-state index < -0.39 is 0 Å². The van der Waals surface area contributed by atoms with Crippen LogP contribution in [0.3, 0.4) is 0 Å². The van der Waals surface area contributed by atoms with Gasteiger partial charge in [0.25, 0.3) is 0 Å². The fourth-order valence-corrected chi connectivity index (χ4v) is 4.15. The minimum atomic E-state index is -0.212. The second-order valence-corrected chi connectivity index (χ2v) is 6.49. The summed E-state index contributed by atoms with van der Waals surface area (Å²) in [5, 5.41) is 5.73. The number of thiophene rings is 1. The SMILES string of the molecule is COc1cccc(F)c1C(C)NC1CCCc2sccc21. The van der Waals surface area contributed by atoms with E-state index in [0.717, 1.165) is 6.42 Å². The monoisotopic (exact) mass is 305 g/mol. The lowest BCUT2D eigenvalue weighted by atomic mass is 9.92. The molecule has 3 rings (SSSR count). The van der Waals surface area contributed by atoms with Gasteiger partial charge in [-0.25, -0.2) is 4.39 Å². The van der Waals surface area contributed by atoms with Crippen molar-refractivity contribution in [2.75, 3.05) is 7.11 Å². The number of hydrogen-bond acceptors (Lipinski definition) is 3. The van der Waals surface area contributed by atoms with Crippen molar-refractivity contribution in [1.29, 1.82) is 0 Å². The molecule has 0 aliphatic heterocycles. The van der Waals surface area contributed by atoms with Crippen molar-refractivity contribution in [2.45, 2.75) is 38.3 Å². The molecule has 4 heteroatoms. The van der Waals surface area contributed by atoms with Gasteiger partial charge in [-0.2, -0.15) is 0 Å². The van der Waals surface area contributed by atoms with Crippen LogP contribution in [0.5, 0.6) is 5.75 Å². The van der Waals surface area contributed by atoms with Gasteiger partial charge in [0.2, 0.25) is 0 Å². The number of halogens is 1. The fraction of sp³-hybridized carbons (Fsp3) is 0.412. The Balaban J connectivity index is 1.84. The van der Waals surface area contributed by atoms with Gasteiger partial charge >= 0.3 is 0 Å². The van der Waals surface area contributed by atoms with Crippen LogP contribution in [-0.4, -0.2) is 7.11 Å².